The fourth-order valence-electron chi connectivity index (χ4n) is 4.30. The summed E-state index contributed by atoms with van der Waals surface area (Å²) >= 11 is 6.30. The minimum atomic E-state index is -0.536. The fourth-order valence-corrected chi connectivity index (χ4v) is 4.52. The molecule has 5 amide bonds. The van der Waals surface area contributed by atoms with Gasteiger partial charge in [-0.15, -0.1) is 0 Å². The Morgan fingerprint density at radius 3 is 2.49 bits per heavy atom. The number of halogens is 1. The highest BCUT2D eigenvalue weighted by atomic mass is 35.5. The smallest absolute Gasteiger partial charge is 0.410 e. The molecule has 2 fully saturated rings. The summed E-state index contributed by atoms with van der Waals surface area (Å²) in [4.78, 5) is 53.7. The molecule has 2 aliphatic heterocycles. The number of likely N-dealkylation sites (tertiary alicyclic amines) is 1. The van der Waals surface area contributed by atoms with E-state index in [1.807, 2.05) is 25.7 Å². The fraction of sp³-hybridized carbons (Fsp3) is 0.600. The molecule has 0 spiro atoms. The SMILES string of the molecule is CN(CCCC1CCN(C(=O)c2ccc(Cl)c(N3CCC(=O)NC3=O)c2)CC1)C(=O)OC(C)(C)C. The predicted molar refractivity (Wildman–Crippen MR) is 134 cm³/mol. The van der Waals surface area contributed by atoms with Gasteiger partial charge in [0.25, 0.3) is 5.91 Å². The van der Waals surface area contributed by atoms with E-state index in [1.54, 1.807) is 30.1 Å². The number of imide groups is 1. The van der Waals surface area contributed by atoms with Crippen molar-refractivity contribution >= 4 is 41.2 Å². The zero-order valence-electron chi connectivity index (χ0n) is 20.9. The highest BCUT2D eigenvalue weighted by Crippen LogP contribution is 2.30. The number of piperidine rings is 1. The number of nitrogens with zero attached hydrogens (tertiary/aromatic N) is 3. The first kappa shape index (κ1) is 26.8. The van der Waals surface area contributed by atoms with Crippen molar-refractivity contribution in [3.63, 3.8) is 0 Å². The normalized spacial score (nSPS) is 17.3. The number of nitrogens with one attached hydrogen (secondary N) is 1. The molecule has 9 nitrogen and oxygen atoms in total. The second-order valence-corrected chi connectivity index (χ2v) is 10.6. The van der Waals surface area contributed by atoms with Gasteiger partial charge in [-0.25, -0.2) is 9.59 Å². The van der Waals surface area contributed by atoms with E-state index >= 15 is 0 Å². The number of hydrogen-bond acceptors (Lipinski definition) is 5. The maximum absolute atomic E-state index is 13.1. The zero-order valence-corrected chi connectivity index (χ0v) is 21.7. The Kier molecular flexibility index (Phi) is 8.64. The van der Waals surface area contributed by atoms with E-state index in [0.29, 0.717) is 41.8 Å². The Balaban J connectivity index is 1.49. The second kappa shape index (κ2) is 11.3. The Morgan fingerprint density at radius 1 is 1.17 bits per heavy atom. The van der Waals surface area contributed by atoms with Crippen LogP contribution in [-0.2, 0) is 9.53 Å². The molecule has 0 radical (unpaired) electrons. The van der Waals surface area contributed by atoms with Gasteiger partial charge < -0.3 is 14.5 Å². The molecule has 3 rings (SSSR count). The number of rotatable bonds is 6. The predicted octanol–water partition coefficient (Wildman–Crippen LogP) is 4.29. The van der Waals surface area contributed by atoms with Crippen LogP contribution in [0.2, 0.25) is 5.02 Å². The van der Waals surface area contributed by atoms with Gasteiger partial charge >= 0.3 is 12.1 Å². The van der Waals surface area contributed by atoms with Gasteiger partial charge in [-0.2, -0.15) is 0 Å². The van der Waals surface area contributed by atoms with Gasteiger partial charge in [0.15, 0.2) is 0 Å². The average molecular weight is 507 g/mol. The van der Waals surface area contributed by atoms with Crippen LogP contribution in [-0.4, -0.2) is 72.6 Å². The molecule has 1 aromatic carbocycles. The Labute approximate surface area is 211 Å². The lowest BCUT2D eigenvalue weighted by atomic mass is 9.92. The molecule has 10 heteroatoms. The maximum Gasteiger partial charge on any atom is 0.410 e. The molecule has 35 heavy (non-hydrogen) atoms. The lowest BCUT2D eigenvalue weighted by Crippen LogP contribution is -2.49. The molecule has 0 saturated carbocycles. The number of ether oxygens (including phenoxy) is 1. The highest BCUT2D eigenvalue weighted by molar-refractivity contribution is 6.34. The first-order valence-corrected chi connectivity index (χ1v) is 12.5. The summed E-state index contributed by atoms with van der Waals surface area (Å²) in [6.45, 7) is 7.72. The van der Waals surface area contributed by atoms with Crippen LogP contribution < -0.4 is 10.2 Å². The summed E-state index contributed by atoms with van der Waals surface area (Å²) in [5.41, 5.74) is 0.382. The van der Waals surface area contributed by atoms with Crippen molar-refractivity contribution in [3.05, 3.63) is 28.8 Å². The quantitative estimate of drug-likeness (QED) is 0.620. The van der Waals surface area contributed by atoms with Gasteiger partial charge in [-0.05, 0) is 70.6 Å². The molecule has 0 aromatic heterocycles. The highest BCUT2D eigenvalue weighted by Gasteiger charge is 2.28. The number of amides is 5. The van der Waals surface area contributed by atoms with Crippen molar-refractivity contribution in [1.82, 2.24) is 15.1 Å². The van der Waals surface area contributed by atoms with Crippen molar-refractivity contribution in [2.75, 3.05) is 38.1 Å². The molecule has 1 N–H and O–H groups in total. The summed E-state index contributed by atoms with van der Waals surface area (Å²) in [5, 5.41) is 2.63. The van der Waals surface area contributed by atoms with Crippen LogP contribution in [0.3, 0.4) is 0 Å². The molecule has 0 aliphatic carbocycles. The van der Waals surface area contributed by atoms with Crippen molar-refractivity contribution in [2.45, 2.75) is 58.5 Å². The summed E-state index contributed by atoms with van der Waals surface area (Å²) in [6, 6.07) is 4.37. The van der Waals surface area contributed by atoms with Crippen molar-refractivity contribution in [1.29, 1.82) is 0 Å². The summed E-state index contributed by atoms with van der Waals surface area (Å²) in [6.07, 6.45) is 3.55. The number of carbonyl (C=O) groups excluding carboxylic acids is 4. The standard InChI is InChI=1S/C25H35ClN4O5/c1-25(2,3)35-24(34)28(4)12-5-6-17-9-13-29(14-10-17)22(32)18-7-8-19(26)20(16-18)30-15-11-21(31)27-23(30)33/h7-8,16-17H,5-6,9-15H2,1-4H3,(H,27,31,33). The van der Waals surface area contributed by atoms with E-state index in [2.05, 4.69) is 5.32 Å². The van der Waals surface area contributed by atoms with Gasteiger partial charge in [0.05, 0.1) is 10.7 Å². The molecular weight excluding hydrogens is 472 g/mol. The van der Waals surface area contributed by atoms with Crippen LogP contribution in [0, 0.1) is 5.92 Å². The molecule has 0 atom stereocenters. The van der Waals surface area contributed by atoms with Crippen molar-refractivity contribution < 1.29 is 23.9 Å². The molecule has 2 aliphatic rings. The van der Waals surface area contributed by atoms with Crippen LogP contribution >= 0.6 is 11.6 Å². The first-order chi connectivity index (χ1) is 16.4. The molecule has 1 aromatic rings. The number of benzene rings is 1. The third-order valence-corrected chi connectivity index (χ3v) is 6.57. The second-order valence-electron chi connectivity index (χ2n) is 10.2. The van der Waals surface area contributed by atoms with E-state index in [4.69, 9.17) is 16.3 Å². The monoisotopic (exact) mass is 506 g/mol. The number of carbonyl (C=O) groups is 4. The minimum Gasteiger partial charge on any atom is -0.444 e. The average Bonchev–Trinajstić information content (AvgIpc) is 2.78. The number of urea groups is 1. The third kappa shape index (κ3) is 7.34. The van der Waals surface area contributed by atoms with Crippen LogP contribution in [0.1, 0.15) is 63.2 Å². The van der Waals surface area contributed by atoms with Gasteiger partial charge in [0, 0.05) is 45.2 Å². The van der Waals surface area contributed by atoms with E-state index in [-0.39, 0.29) is 30.9 Å². The van der Waals surface area contributed by atoms with Gasteiger partial charge in [-0.1, -0.05) is 11.6 Å². The molecule has 2 saturated heterocycles. The summed E-state index contributed by atoms with van der Waals surface area (Å²) in [5.74, 6) is 0.0786. The van der Waals surface area contributed by atoms with Crippen LogP contribution in [0.25, 0.3) is 0 Å². The molecule has 0 bridgehead atoms. The van der Waals surface area contributed by atoms with Gasteiger partial charge in [-0.3, -0.25) is 19.8 Å². The van der Waals surface area contributed by atoms with E-state index < -0.39 is 11.6 Å². The molecule has 0 unspecified atom stereocenters. The Hall–Kier alpha value is -2.81. The van der Waals surface area contributed by atoms with E-state index in [9.17, 15) is 19.2 Å². The maximum atomic E-state index is 13.1. The van der Waals surface area contributed by atoms with Crippen LogP contribution in [0.4, 0.5) is 15.3 Å². The van der Waals surface area contributed by atoms with Gasteiger partial charge in [0.2, 0.25) is 5.91 Å². The van der Waals surface area contributed by atoms with Crippen LogP contribution in [0.15, 0.2) is 18.2 Å². The molecule has 192 valence electrons. The lowest BCUT2D eigenvalue weighted by Gasteiger charge is -2.33. The first-order valence-electron chi connectivity index (χ1n) is 12.1. The minimum absolute atomic E-state index is 0.0977. The topological polar surface area (TPSA) is 99.3 Å². The third-order valence-electron chi connectivity index (χ3n) is 6.25. The largest absolute Gasteiger partial charge is 0.444 e. The van der Waals surface area contributed by atoms with Crippen LogP contribution in [0.5, 0.6) is 0 Å². The Bertz CT molecular complexity index is 969. The number of anilines is 1. The summed E-state index contributed by atoms with van der Waals surface area (Å²) in [7, 11) is 1.75. The molecular formula is C25H35ClN4O5. The zero-order chi connectivity index (χ0) is 25.8. The molecule has 2 heterocycles. The van der Waals surface area contributed by atoms with Crippen molar-refractivity contribution in [2.24, 2.45) is 5.92 Å². The lowest BCUT2D eigenvalue weighted by molar-refractivity contribution is -0.120. The van der Waals surface area contributed by atoms with Gasteiger partial charge in [0.1, 0.15) is 5.60 Å². The summed E-state index contributed by atoms with van der Waals surface area (Å²) < 4.78 is 5.38. The van der Waals surface area contributed by atoms with E-state index in [1.165, 1.54) is 4.90 Å². The van der Waals surface area contributed by atoms with Crippen molar-refractivity contribution in [3.8, 4) is 0 Å². The Morgan fingerprint density at radius 2 is 1.86 bits per heavy atom. The van der Waals surface area contributed by atoms with E-state index in [0.717, 1.165) is 25.7 Å². The number of hydrogen-bond donors (Lipinski definition) is 1.